The van der Waals surface area contributed by atoms with Gasteiger partial charge in [-0.15, -0.1) is 0 Å². The van der Waals surface area contributed by atoms with Crippen LogP contribution in [0, 0.1) is 41.4 Å². The summed E-state index contributed by atoms with van der Waals surface area (Å²) in [5.74, 6) is 5.39. The molecule has 0 aromatic rings. The van der Waals surface area contributed by atoms with Crippen molar-refractivity contribution in [3.63, 3.8) is 0 Å². The van der Waals surface area contributed by atoms with Gasteiger partial charge in [0.1, 0.15) is 0 Å². The van der Waals surface area contributed by atoms with Crippen molar-refractivity contribution in [2.75, 3.05) is 13.1 Å². The molecule has 2 nitrogen and oxygen atoms in total. The molecule has 8 aliphatic carbocycles. The monoisotopic (exact) mass is 711 g/mol. The van der Waals surface area contributed by atoms with Gasteiger partial charge in [0.15, 0.2) is 0 Å². The lowest BCUT2D eigenvalue weighted by Crippen LogP contribution is -2.39. The van der Waals surface area contributed by atoms with E-state index in [2.05, 4.69) is 66.3 Å². The highest BCUT2D eigenvalue weighted by Crippen LogP contribution is 2.54. The number of rotatable bonds is 9. The summed E-state index contributed by atoms with van der Waals surface area (Å²) < 4.78 is 0. The van der Waals surface area contributed by atoms with Crippen LogP contribution in [0.5, 0.6) is 0 Å². The highest BCUT2D eigenvalue weighted by atomic mass is 14.9. The van der Waals surface area contributed by atoms with E-state index in [4.69, 9.17) is 0 Å². The number of nitrogens with one attached hydrogen (secondary N) is 2. The quantitative estimate of drug-likeness (QED) is 0.184. The van der Waals surface area contributed by atoms with E-state index in [1.165, 1.54) is 148 Å². The van der Waals surface area contributed by atoms with Crippen LogP contribution in [0.1, 0.15) is 155 Å². The number of allylic oxidation sites excluding steroid dienone is 14. The SMILES string of the molecule is C/C(=C\C=C(/CNC1=C2CCCCC2CCC1)[C@H]1CCC=CC1C1=CCCCC1)C1CCC(C2=C3C=CCCC3=C(C3=CNC3)CC2)[C@H]2CCCCC12. The molecule has 9 aliphatic rings. The molecule has 1 aliphatic heterocycles. The van der Waals surface area contributed by atoms with Gasteiger partial charge in [0.25, 0.3) is 0 Å². The smallest absolute Gasteiger partial charge is 0.0412 e. The van der Waals surface area contributed by atoms with E-state index in [9.17, 15) is 0 Å². The third-order valence-corrected chi connectivity index (χ3v) is 16.0. The maximum Gasteiger partial charge on any atom is 0.0412 e. The van der Waals surface area contributed by atoms with Crippen molar-refractivity contribution < 1.29 is 0 Å². The van der Waals surface area contributed by atoms with Crippen molar-refractivity contribution in [1.29, 1.82) is 0 Å². The Morgan fingerprint density at radius 3 is 2.45 bits per heavy atom. The molecule has 2 heteroatoms. The Labute approximate surface area is 323 Å². The zero-order valence-electron chi connectivity index (χ0n) is 33.3. The predicted molar refractivity (Wildman–Crippen MR) is 224 cm³/mol. The van der Waals surface area contributed by atoms with Crippen LogP contribution >= 0.6 is 0 Å². The third-order valence-electron chi connectivity index (χ3n) is 16.0. The Morgan fingerprint density at radius 2 is 1.58 bits per heavy atom. The van der Waals surface area contributed by atoms with Gasteiger partial charge < -0.3 is 10.6 Å². The van der Waals surface area contributed by atoms with Crippen molar-refractivity contribution in [1.82, 2.24) is 10.6 Å². The summed E-state index contributed by atoms with van der Waals surface area (Å²) in [6.45, 7) is 4.66. The lowest BCUT2D eigenvalue weighted by molar-refractivity contribution is 0.0805. The fraction of sp³-hybridized carbons (Fsp3) is 0.647. The molecule has 0 bridgehead atoms. The van der Waals surface area contributed by atoms with Gasteiger partial charge >= 0.3 is 0 Å². The van der Waals surface area contributed by atoms with E-state index in [1.807, 2.05) is 11.1 Å². The average Bonchev–Trinajstić information content (AvgIpc) is 3.20. The summed E-state index contributed by atoms with van der Waals surface area (Å²) in [5.41, 5.74) is 17.2. The lowest BCUT2D eigenvalue weighted by Gasteiger charge is -2.48. The second kappa shape index (κ2) is 16.5. The van der Waals surface area contributed by atoms with E-state index >= 15 is 0 Å². The molecule has 0 aromatic carbocycles. The molecule has 0 aromatic heterocycles. The van der Waals surface area contributed by atoms with E-state index < -0.39 is 0 Å². The van der Waals surface area contributed by atoms with Crippen LogP contribution in [-0.4, -0.2) is 13.1 Å². The normalized spacial score (nSPS) is 35.1. The Kier molecular flexibility index (Phi) is 11.2. The van der Waals surface area contributed by atoms with Crippen LogP contribution in [0.2, 0.25) is 0 Å². The molecule has 53 heavy (non-hydrogen) atoms. The van der Waals surface area contributed by atoms with Gasteiger partial charge in [-0.2, -0.15) is 0 Å². The van der Waals surface area contributed by atoms with Gasteiger partial charge in [-0.05, 0) is 204 Å². The van der Waals surface area contributed by atoms with E-state index in [1.54, 1.807) is 44.7 Å². The second-order valence-electron chi connectivity index (χ2n) is 18.8. The van der Waals surface area contributed by atoms with Crippen LogP contribution < -0.4 is 10.6 Å². The van der Waals surface area contributed by atoms with Crippen LogP contribution in [0.3, 0.4) is 0 Å². The standard InChI is InChI=1S/C51H70N2/c1-35(40-28-30-49(47-23-11-9-21-45(40)47)50-31-29-43(39-32-52-33-39)46-22-10-12-24-48(46)50)26-27-38(34-53-51-25-13-17-37-16-5-6-20-44(37)51)42-19-8-7-18-41(42)36-14-3-2-4-15-36/h7,12,14,18,24,26-27,32,37,40-42,45,47,49,52-53H,2-6,8-11,13,15-17,19-23,25,28-31,33-34H2,1H3/b35-26+,38-27+/t37?,40?,41?,42-,45?,47+,49?/m1/s1. The van der Waals surface area contributed by atoms with Gasteiger partial charge in [0.05, 0.1) is 0 Å². The van der Waals surface area contributed by atoms with E-state index in [0.717, 1.165) is 42.7 Å². The highest BCUT2D eigenvalue weighted by Gasteiger charge is 2.43. The first kappa shape index (κ1) is 35.9. The van der Waals surface area contributed by atoms with E-state index in [-0.39, 0.29) is 0 Å². The fourth-order valence-corrected chi connectivity index (χ4v) is 13.3. The Bertz CT molecular complexity index is 1660. The Morgan fingerprint density at radius 1 is 0.717 bits per heavy atom. The van der Waals surface area contributed by atoms with Crippen molar-refractivity contribution in [3.8, 4) is 0 Å². The molecule has 284 valence electrons. The minimum atomic E-state index is 0.602. The molecule has 5 unspecified atom stereocenters. The van der Waals surface area contributed by atoms with Crippen molar-refractivity contribution in [3.05, 3.63) is 105 Å². The maximum absolute atomic E-state index is 4.19. The lowest BCUT2D eigenvalue weighted by atomic mass is 9.56. The molecule has 2 N–H and O–H groups in total. The summed E-state index contributed by atoms with van der Waals surface area (Å²) in [4.78, 5) is 0. The van der Waals surface area contributed by atoms with Crippen LogP contribution in [0.4, 0.5) is 0 Å². The largest absolute Gasteiger partial charge is 0.386 e. The first-order valence-electron chi connectivity index (χ1n) is 23.0. The zero-order chi connectivity index (χ0) is 35.6. The molecule has 9 rings (SSSR count). The van der Waals surface area contributed by atoms with Gasteiger partial charge in [0, 0.05) is 30.9 Å². The molecule has 0 saturated heterocycles. The van der Waals surface area contributed by atoms with Crippen molar-refractivity contribution >= 4 is 0 Å². The summed E-state index contributed by atoms with van der Waals surface area (Å²) >= 11 is 0. The summed E-state index contributed by atoms with van der Waals surface area (Å²) in [6, 6.07) is 0. The molecule has 0 amide bonds. The molecule has 7 atom stereocenters. The first-order valence-corrected chi connectivity index (χ1v) is 23.0. The molecular formula is C51H70N2. The number of hydrogen-bond donors (Lipinski definition) is 2. The molecule has 0 radical (unpaired) electrons. The summed E-state index contributed by atoms with van der Waals surface area (Å²) in [5, 5.41) is 7.61. The Balaban J connectivity index is 0.993. The second-order valence-corrected chi connectivity index (χ2v) is 18.8. The topological polar surface area (TPSA) is 24.1 Å². The van der Waals surface area contributed by atoms with Gasteiger partial charge in [-0.25, -0.2) is 0 Å². The summed E-state index contributed by atoms with van der Waals surface area (Å²) in [7, 11) is 0. The predicted octanol–water partition coefficient (Wildman–Crippen LogP) is 13.2. The third kappa shape index (κ3) is 7.48. The molecule has 3 saturated carbocycles. The van der Waals surface area contributed by atoms with Crippen molar-refractivity contribution in [2.45, 2.75) is 155 Å². The molecule has 0 spiro atoms. The van der Waals surface area contributed by atoms with E-state index in [0.29, 0.717) is 11.8 Å². The molecule has 3 fully saturated rings. The number of fused-ring (bicyclic) bond motifs is 3. The van der Waals surface area contributed by atoms with Crippen LogP contribution in [0.15, 0.2) is 105 Å². The molecule has 1 heterocycles. The Hall–Kier alpha value is -2.74. The first-order chi connectivity index (χ1) is 26.2. The highest BCUT2D eigenvalue weighted by molar-refractivity contribution is 5.57. The van der Waals surface area contributed by atoms with Crippen LogP contribution in [0.25, 0.3) is 0 Å². The van der Waals surface area contributed by atoms with Gasteiger partial charge in [-0.1, -0.05) is 78.5 Å². The minimum absolute atomic E-state index is 0.602. The van der Waals surface area contributed by atoms with Gasteiger partial charge in [0.2, 0.25) is 0 Å². The van der Waals surface area contributed by atoms with Crippen LogP contribution in [-0.2, 0) is 0 Å². The number of hydrogen-bond acceptors (Lipinski definition) is 2. The summed E-state index contributed by atoms with van der Waals surface area (Å²) in [6.07, 6.45) is 51.7. The van der Waals surface area contributed by atoms with Gasteiger partial charge in [-0.3, -0.25) is 0 Å². The molecular weight excluding hydrogens is 641 g/mol. The van der Waals surface area contributed by atoms with Crippen molar-refractivity contribution in [2.24, 2.45) is 41.4 Å². The average molecular weight is 711 g/mol. The maximum atomic E-state index is 4.19. The fourth-order valence-electron chi connectivity index (χ4n) is 13.3. The minimum Gasteiger partial charge on any atom is -0.386 e. The zero-order valence-corrected chi connectivity index (χ0v) is 33.3.